The quantitative estimate of drug-likeness (QED) is 0.853. The van der Waals surface area contributed by atoms with Gasteiger partial charge in [0.1, 0.15) is 4.21 Å². The maximum Gasteiger partial charge on any atom is 0.273 e. The zero-order valence-electron chi connectivity index (χ0n) is 11.4. The van der Waals surface area contributed by atoms with Gasteiger partial charge in [-0.15, -0.1) is 11.3 Å². The number of carbonyl (C=O) groups is 1. The van der Waals surface area contributed by atoms with Crippen LogP contribution in [0.1, 0.15) is 0 Å². The van der Waals surface area contributed by atoms with Gasteiger partial charge in [-0.2, -0.15) is 0 Å². The number of hydrogen-bond donors (Lipinski definition) is 1. The number of nitrogens with one attached hydrogen (secondary N) is 1. The van der Waals surface area contributed by atoms with Gasteiger partial charge in [-0.05, 0) is 24.3 Å². The number of ether oxygens (including phenoxy) is 2. The molecule has 1 heterocycles. The van der Waals surface area contributed by atoms with E-state index in [4.69, 9.17) is 21.1 Å². The molecule has 118 valence electrons. The number of benzene rings is 1. The van der Waals surface area contributed by atoms with Crippen LogP contribution in [0.4, 0.5) is 0 Å². The van der Waals surface area contributed by atoms with Gasteiger partial charge >= 0.3 is 0 Å². The summed E-state index contributed by atoms with van der Waals surface area (Å²) in [5.74, 6) is -0.00431. The number of para-hydroxylation sites is 2. The second-order valence-corrected chi connectivity index (χ2v) is 7.65. The smallest absolute Gasteiger partial charge is 0.273 e. The molecule has 0 saturated heterocycles. The summed E-state index contributed by atoms with van der Waals surface area (Å²) in [6.07, 6.45) is 0. The van der Waals surface area contributed by atoms with Crippen LogP contribution in [0.2, 0.25) is 4.34 Å². The van der Waals surface area contributed by atoms with Crippen molar-refractivity contribution >= 4 is 38.9 Å². The van der Waals surface area contributed by atoms with Crippen LogP contribution in [0.5, 0.6) is 11.5 Å². The third-order valence-corrected chi connectivity index (χ3v) is 5.59. The predicted octanol–water partition coefficient (Wildman–Crippen LogP) is 2.29. The lowest BCUT2D eigenvalue weighted by molar-refractivity contribution is -0.121. The largest absolute Gasteiger partial charge is 0.493 e. The maximum absolute atomic E-state index is 11.9. The molecule has 0 radical (unpaired) electrons. The van der Waals surface area contributed by atoms with Crippen molar-refractivity contribution in [2.45, 2.75) is 4.21 Å². The van der Waals surface area contributed by atoms with Gasteiger partial charge in [-0.25, -0.2) is 13.1 Å². The van der Waals surface area contributed by atoms with Gasteiger partial charge in [0, 0.05) is 0 Å². The Hall–Kier alpha value is -1.77. The highest BCUT2D eigenvalue weighted by Crippen LogP contribution is 2.26. The summed E-state index contributed by atoms with van der Waals surface area (Å²) in [5, 5.41) is 0. The standard InChI is InChI=1S/C13H12ClNO5S2/c1-19-9-4-2-3-5-10(9)20-8-12(16)15-22(17,18)13-7-6-11(14)21-13/h2-7H,8H2,1H3,(H,15,16). The van der Waals surface area contributed by atoms with Crippen molar-refractivity contribution in [3.63, 3.8) is 0 Å². The first kappa shape index (κ1) is 16.6. The molecule has 1 amide bonds. The second-order valence-electron chi connectivity index (χ2n) is 4.03. The number of sulfonamides is 1. The summed E-state index contributed by atoms with van der Waals surface area (Å²) >= 11 is 6.54. The van der Waals surface area contributed by atoms with Crippen LogP contribution in [0, 0.1) is 0 Å². The fourth-order valence-corrected chi connectivity index (χ4v) is 4.01. The van der Waals surface area contributed by atoms with Crippen molar-refractivity contribution in [2.75, 3.05) is 13.7 Å². The van der Waals surface area contributed by atoms with Crippen LogP contribution in [0.15, 0.2) is 40.6 Å². The number of carbonyl (C=O) groups excluding carboxylic acids is 1. The molecular formula is C13H12ClNO5S2. The molecule has 22 heavy (non-hydrogen) atoms. The Kier molecular flexibility index (Phi) is 5.28. The molecule has 1 aromatic heterocycles. The Bertz CT molecular complexity index is 772. The molecule has 1 N–H and O–H groups in total. The van der Waals surface area contributed by atoms with Crippen molar-refractivity contribution in [3.8, 4) is 11.5 Å². The van der Waals surface area contributed by atoms with Crippen molar-refractivity contribution in [3.05, 3.63) is 40.7 Å². The zero-order valence-corrected chi connectivity index (χ0v) is 13.8. The third kappa shape index (κ3) is 4.12. The van der Waals surface area contributed by atoms with Crippen LogP contribution in [-0.4, -0.2) is 28.0 Å². The van der Waals surface area contributed by atoms with Crippen molar-refractivity contribution in [1.29, 1.82) is 0 Å². The first-order chi connectivity index (χ1) is 10.4. The van der Waals surface area contributed by atoms with Crippen molar-refractivity contribution in [2.24, 2.45) is 0 Å². The lowest BCUT2D eigenvalue weighted by Gasteiger charge is -2.10. The normalized spacial score (nSPS) is 11.0. The van der Waals surface area contributed by atoms with E-state index in [1.54, 1.807) is 24.3 Å². The fraction of sp³-hybridized carbons (Fsp3) is 0.154. The van der Waals surface area contributed by atoms with E-state index in [0.717, 1.165) is 11.3 Å². The fourth-order valence-electron chi connectivity index (χ4n) is 1.55. The summed E-state index contributed by atoms with van der Waals surface area (Å²) in [4.78, 5) is 11.7. The molecule has 0 aliphatic carbocycles. The molecule has 0 bridgehead atoms. The van der Waals surface area contributed by atoms with Gasteiger partial charge in [0.05, 0.1) is 11.4 Å². The molecule has 0 fully saturated rings. The Labute approximate surface area is 136 Å². The van der Waals surface area contributed by atoms with E-state index in [1.807, 2.05) is 4.72 Å². The van der Waals surface area contributed by atoms with Crippen LogP contribution in [-0.2, 0) is 14.8 Å². The molecule has 1 aromatic carbocycles. The molecule has 0 aliphatic heterocycles. The van der Waals surface area contributed by atoms with Gasteiger partial charge in [0.25, 0.3) is 15.9 Å². The molecular weight excluding hydrogens is 350 g/mol. The first-order valence-corrected chi connectivity index (χ1v) is 8.67. The summed E-state index contributed by atoms with van der Waals surface area (Å²) in [6.45, 7) is -0.460. The third-order valence-electron chi connectivity index (χ3n) is 2.49. The molecule has 9 heteroatoms. The molecule has 2 aromatic rings. The highest BCUT2D eigenvalue weighted by Gasteiger charge is 2.20. The highest BCUT2D eigenvalue weighted by atomic mass is 35.5. The molecule has 0 saturated carbocycles. The van der Waals surface area contributed by atoms with E-state index in [1.165, 1.54) is 19.2 Å². The topological polar surface area (TPSA) is 81.7 Å². The van der Waals surface area contributed by atoms with Crippen LogP contribution < -0.4 is 14.2 Å². The number of methoxy groups -OCH3 is 1. The minimum atomic E-state index is -3.94. The summed E-state index contributed by atoms with van der Waals surface area (Å²) in [7, 11) is -2.47. The Morgan fingerprint density at radius 2 is 1.91 bits per heavy atom. The number of thiophene rings is 1. The molecule has 0 unspecified atom stereocenters. The zero-order chi connectivity index (χ0) is 16.2. The van der Waals surface area contributed by atoms with Crippen LogP contribution in [0.3, 0.4) is 0 Å². The number of hydrogen-bond acceptors (Lipinski definition) is 6. The average molecular weight is 362 g/mol. The lowest BCUT2D eigenvalue weighted by Crippen LogP contribution is -2.34. The predicted molar refractivity (Wildman–Crippen MR) is 83.1 cm³/mol. The summed E-state index contributed by atoms with van der Waals surface area (Å²) < 4.78 is 36.4. The van der Waals surface area contributed by atoms with Crippen molar-refractivity contribution < 1.29 is 22.7 Å². The number of amides is 1. The Morgan fingerprint density at radius 3 is 2.50 bits per heavy atom. The van der Waals surface area contributed by atoms with Gasteiger partial charge in [0.15, 0.2) is 18.1 Å². The van der Waals surface area contributed by atoms with E-state index in [2.05, 4.69) is 0 Å². The SMILES string of the molecule is COc1ccccc1OCC(=O)NS(=O)(=O)c1ccc(Cl)s1. The molecule has 2 rings (SSSR count). The number of rotatable bonds is 6. The minimum Gasteiger partial charge on any atom is -0.493 e. The monoisotopic (exact) mass is 361 g/mol. The van der Waals surface area contributed by atoms with Gasteiger partial charge in [-0.3, -0.25) is 4.79 Å². The minimum absolute atomic E-state index is 0.0388. The van der Waals surface area contributed by atoms with E-state index in [0.29, 0.717) is 15.8 Å². The molecule has 0 atom stereocenters. The van der Waals surface area contributed by atoms with Crippen LogP contribution in [0.25, 0.3) is 0 Å². The van der Waals surface area contributed by atoms with Gasteiger partial charge in [0.2, 0.25) is 0 Å². The molecule has 0 aliphatic rings. The highest BCUT2D eigenvalue weighted by molar-refractivity contribution is 7.92. The Balaban J connectivity index is 1.98. The van der Waals surface area contributed by atoms with E-state index >= 15 is 0 Å². The maximum atomic E-state index is 11.9. The Morgan fingerprint density at radius 1 is 1.23 bits per heavy atom. The molecule has 0 spiro atoms. The summed E-state index contributed by atoms with van der Waals surface area (Å²) in [5.41, 5.74) is 0. The van der Waals surface area contributed by atoms with Gasteiger partial charge in [-0.1, -0.05) is 23.7 Å². The number of halogens is 1. The molecule has 6 nitrogen and oxygen atoms in total. The average Bonchev–Trinajstić information content (AvgIpc) is 2.92. The van der Waals surface area contributed by atoms with Gasteiger partial charge < -0.3 is 9.47 Å². The second kappa shape index (κ2) is 6.99. The van der Waals surface area contributed by atoms with Crippen molar-refractivity contribution in [1.82, 2.24) is 4.72 Å². The van der Waals surface area contributed by atoms with Crippen LogP contribution >= 0.6 is 22.9 Å². The van der Waals surface area contributed by atoms with E-state index < -0.39 is 22.5 Å². The first-order valence-electron chi connectivity index (χ1n) is 5.99. The van der Waals surface area contributed by atoms with E-state index in [9.17, 15) is 13.2 Å². The van der Waals surface area contributed by atoms with E-state index in [-0.39, 0.29) is 4.21 Å². The summed E-state index contributed by atoms with van der Waals surface area (Å²) in [6, 6.07) is 9.49. The lowest BCUT2D eigenvalue weighted by atomic mass is 10.3.